The van der Waals surface area contributed by atoms with Crippen molar-refractivity contribution in [3.8, 4) is 5.75 Å². The van der Waals surface area contributed by atoms with Gasteiger partial charge in [-0.05, 0) is 44.4 Å². The Bertz CT molecular complexity index is 987. The first-order valence-electron chi connectivity index (χ1n) is 10.4. The maximum absolute atomic E-state index is 12.4. The summed E-state index contributed by atoms with van der Waals surface area (Å²) >= 11 is 0. The molecule has 2 aromatic heterocycles. The summed E-state index contributed by atoms with van der Waals surface area (Å²) in [6.07, 6.45) is 4.78. The molecule has 0 unspecified atom stereocenters. The molecule has 0 saturated carbocycles. The van der Waals surface area contributed by atoms with Crippen LogP contribution in [0.25, 0.3) is 0 Å². The lowest BCUT2D eigenvalue weighted by molar-refractivity contribution is -0.120. The molecule has 1 aliphatic heterocycles. The number of hydrogen-bond acceptors (Lipinski definition) is 6. The molecular weight excluding hydrogens is 382 g/mol. The minimum absolute atomic E-state index is 0.0367. The average Bonchev–Trinajstić information content (AvgIpc) is 3.18. The Kier molecular flexibility index (Phi) is 6.11. The quantitative estimate of drug-likeness (QED) is 0.644. The zero-order chi connectivity index (χ0) is 20.9. The van der Waals surface area contributed by atoms with Gasteiger partial charge in [-0.1, -0.05) is 23.7 Å². The van der Waals surface area contributed by atoms with Gasteiger partial charge in [-0.2, -0.15) is 0 Å². The van der Waals surface area contributed by atoms with Gasteiger partial charge in [0.25, 0.3) is 0 Å². The van der Waals surface area contributed by atoms with E-state index in [1.165, 1.54) is 6.42 Å². The average molecular weight is 409 g/mol. The summed E-state index contributed by atoms with van der Waals surface area (Å²) in [4.78, 5) is 12.4. The van der Waals surface area contributed by atoms with Crippen molar-refractivity contribution in [3.05, 3.63) is 58.5 Å². The van der Waals surface area contributed by atoms with Gasteiger partial charge in [0.2, 0.25) is 5.91 Å². The number of nitrogens with zero attached hydrogens (tertiary/aromatic N) is 4. The highest BCUT2D eigenvalue weighted by Crippen LogP contribution is 2.18. The predicted octanol–water partition coefficient (Wildman–Crippen LogP) is 3.05. The van der Waals surface area contributed by atoms with E-state index in [0.717, 1.165) is 65.8 Å². The Morgan fingerprint density at radius 3 is 2.77 bits per heavy atom. The van der Waals surface area contributed by atoms with Crippen molar-refractivity contribution in [2.24, 2.45) is 0 Å². The summed E-state index contributed by atoms with van der Waals surface area (Å²) < 4.78 is 13.1. The van der Waals surface area contributed by atoms with Crippen LogP contribution in [0.1, 0.15) is 53.5 Å². The van der Waals surface area contributed by atoms with Crippen LogP contribution in [-0.4, -0.2) is 25.8 Å². The molecule has 0 aliphatic carbocycles. The fraction of sp³-hybridized carbons (Fsp3) is 0.455. The zero-order valence-corrected chi connectivity index (χ0v) is 17.5. The number of fused-ring (bicyclic) bond motifs is 1. The Hall–Kier alpha value is -3.16. The van der Waals surface area contributed by atoms with Gasteiger partial charge >= 0.3 is 0 Å². The van der Waals surface area contributed by atoms with E-state index >= 15 is 0 Å². The van der Waals surface area contributed by atoms with Crippen LogP contribution in [0.5, 0.6) is 5.75 Å². The van der Waals surface area contributed by atoms with Crippen LogP contribution >= 0.6 is 0 Å². The summed E-state index contributed by atoms with van der Waals surface area (Å²) in [7, 11) is 0. The third-order valence-electron chi connectivity index (χ3n) is 5.48. The molecule has 0 saturated heterocycles. The second-order valence-corrected chi connectivity index (χ2v) is 7.68. The molecule has 0 spiro atoms. The van der Waals surface area contributed by atoms with Crippen molar-refractivity contribution >= 4 is 5.91 Å². The van der Waals surface area contributed by atoms with E-state index < -0.39 is 0 Å². The highest BCUT2D eigenvalue weighted by molar-refractivity contribution is 5.78. The largest absolute Gasteiger partial charge is 0.489 e. The Labute approximate surface area is 175 Å². The Morgan fingerprint density at radius 1 is 1.17 bits per heavy atom. The van der Waals surface area contributed by atoms with Gasteiger partial charge in [-0.15, -0.1) is 10.2 Å². The number of aromatic nitrogens is 4. The third kappa shape index (κ3) is 4.69. The predicted molar refractivity (Wildman–Crippen MR) is 110 cm³/mol. The molecule has 1 N–H and O–H groups in total. The van der Waals surface area contributed by atoms with Crippen LogP contribution in [0, 0.1) is 13.8 Å². The number of carbonyl (C=O) groups excluding carboxylic acids is 1. The first-order valence-corrected chi connectivity index (χ1v) is 10.4. The fourth-order valence-electron chi connectivity index (χ4n) is 3.67. The van der Waals surface area contributed by atoms with Crippen molar-refractivity contribution in [2.45, 2.75) is 65.6 Å². The van der Waals surface area contributed by atoms with Crippen LogP contribution < -0.4 is 10.1 Å². The van der Waals surface area contributed by atoms with E-state index in [1.807, 2.05) is 38.1 Å². The topological polar surface area (TPSA) is 95.1 Å². The van der Waals surface area contributed by atoms with Gasteiger partial charge in [-0.25, -0.2) is 0 Å². The molecule has 3 heterocycles. The minimum Gasteiger partial charge on any atom is -0.489 e. The van der Waals surface area contributed by atoms with Crippen LogP contribution in [0.2, 0.25) is 0 Å². The standard InChI is InChI=1S/C22H27N5O3/c1-15-19(16(2)30-26-15)14-29-18-9-7-17(8-10-18)12-22(28)23-13-21-25-24-20-6-4-3-5-11-27(20)21/h7-10H,3-6,11-14H2,1-2H3,(H,23,28). The molecule has 1 aromatic carbocycles. The van der Waals surface area contributed by atoms with Gasteiger partial charge in [0.1, 0.15) is 23.9 Å². The third-order valence-corrected chi connectivity index (χ3v) is 5.48. The van der Waals surface area contributed by atoms with Crippen LogP contribution in [-0.2, 0) is 37.3 Å². The first kappa shape index (κ1) is 20.1. The molecule has 0 atom stereocenters. The van der Waals surface area contributed by atoms with Crippen LogP contribution in [0.4, 0.5) is 0 Å². The summed E-state index contributed by atoms with van der Waals surface area (Å²) in [5.41, 5.74) is 2.73. The lowest BCUT2D eigenvalue weighted by atomic mass is 10.1. The van der Waals surface area contributed by atoms with Gasteiger partial charge in [0, 0.05) is 13.0 Å². The summed E-state index contributed by atoms with van der Waals surface area (Å²) in [6, 6.07) is 7.56. The normalized spacial score (nSPS) is 13.5. The van der Waals surface area contributed by atoms with Crippen LogP contribution in [0.15, 0.2) is 28.8 Å². The lowest BCUT2D eigenvalue weighted by Gasteiger charge is -2.09. The summed E-state index contributed by atoms with van der Waals surface area (Å²) in [5, 5.41) is 15.4. The SMILES string of the molecule is Cc1noc(C)c1COc1ccc(CC(=O)NCc2nnc3n2CCCCC3)cc1. The smallest absolute Gasteiger partial charge is 0.224 e. The molecule has 8 nitrogen and oxygen atoms in total. The van der Waals surface area contributed by atoms with Gasteiger partial charge in [-0.3, -0.25) is 4.79 Å². The summed E-state index contributed by atoms with van der Waals surface area (Å²) in [6.45, 7) is 5.52. The van der Waals surface area contributed by atoms with E-state index in [4.69, 9.17) is 9.26 Å². The van der Waals surface area contributed by atoms with Crippen molar-refractivity contribution in [1.29, 1.82) is 0 Å². The second kappa shape index (κ2) is 9.11. The summed E-state index contributed by atoms with van der Waals surface area (Å²) in [5.74, 6) is 3.34. The number of carbonyl (C=O) groups is 1. The molecule has 1 aliphatic rings. The molecular formula is C22H27N5O3. The number of hydrogen-bond donors (Lipinski definition) is 1. The van der Waals surface area contributed by atoms with E-state index in [-0.39, 0.29) is 5.91 Å². The highest BCUT2D eigenvalue weighted by atomic mass is 16.5. The molecule has 4 rings (SSSR count). The zero-order valence-electron chi connectivity index (χ0n) is 17.5. The molecule has 3 aromatic rings. The molecule has 30 heavy (non-hydrogen) atoms. The Morgan fingerprint density at radius 2 is 2.00 bits per heavy atom. The fourth-order valence-corrected chi connectivity index (χ4v) is 3.67. The number of nitrogens with one attached hydrogen (secondary N) is 1. The van der Waals surface area contributed by atoms with Crippen molar-refractivity contribution in [1.82, 2.24) is 25.2 Å². The molecule has 8 heteroatoms. The number of rotatable bonds is 7. The van der Waals surface area contributed by atoms with E-state index in [1.54, 1.807) is 0 Å². The maximum atomic E-state index is 12.4. The molecule has 0 radical (unpaired) electrons. The highest BCUT2D eigenvalue weighted by Gasteiger charge is 2.15. The first-order chi connectivity index (χ1) is 14.6. The number of amides is 1. The van der Waals surface area contributed by atoms with Gasteiger partial charge < -0.3 is 19.1 Å². The minimum atomic E-state index is -0.0367. The number of benzene rings is 1. The van der Waals surface area contributed by atoms with E-state index in [0.29, 0.717) is 19.6 Å². The Balaban J connectivity index is 1.27. The lowest BCUT2D eigenvalue weighted by Crippen LogP contribution is -2.26. The molecule has 1 amide bonds. The van der Waals surface area contributed by atoms with E-state index in [9.17, 15) is 4.79 Å². The number of aryl methyl sites for hydroxylation is 3. The van der Waals surface area contributed by atoms with Gasteiger partial charge in [0.15, 0.2) is 5.82 Å². The van der Waals surface area contributed by atoms with Crippen molar-refractivity contribution in [3.63, 3.8) is 0 Å². The van der Waals surface area contributed by atoms with Crippen molar-refractivity contribution in [2.75, 3.05) is 0 Å². The molecule has 158 valence electrons. The molecule has 0 bridgehead atoms. The van der Waals surface area contributed by atoms with E-state index in [2.05, 4.69) is 25.2 Å². The maximum Gasteiger partial charge on any atom is 0.224 e. The van der Waals surface area contributed by atoms with Crippen molar-refractivity contribution < 1.29 is 14.1 Å². The van der Waals surface area contributed by atoms with Gasteiger partial charge in [0.05, 0.1) is 24.2 Å². The molecule has 0 fully saturated rings. The number of ether oxygens (including phenoxy) is 1. The second-order valence-electron chi connectivity index (χ2n) is 7.68. The van der Waals surface area contributed by atoms with Crippen LogP contribution in [0.3, 0.4) is 0 Å². The monoisotopic (exact) mass is 409 g/mol.